The van der Waals surface area contributed by atoms with Crippen LogP contribution in [0.25, 0.3) is 0 Å². The van der Waals surface area contributed by atoms with E-state index in [1.54, 1.807) is 0 Å². The third-order valence-corrected chi connectivity index (χ3v) is 2.70. The Balaban J connectivity index is 3.40. The molecule has 0 aromatic rings. The Labute approximate surface area is 123 Å². The summed E-state index contributed by atoms with van der Waals surface area (Å²) in [7, 11) is 0. The maximum Gasteiger partial charge on any atom is 0.185 e. The number of rotatable bonds is 11. The molecule has 0 spiro atoms. The Hall–Kier alpha value is -1.02. The van der Waals surface area contributed by atoms with Gasteiger partial charge in [0.05, 0.1) is 0 Å². The largest absolute Gasteiger partial charge is 0.288 e. The topological polar surface area (TPSA) is 17.1 Å². The molecule has 0 aliphatic rings. The summed E-state index contributed by atoms with van der Waals surface area (Å²) in [5, 5.41) is -0.0196. The number of allylic oxidation sites excluding steroid dienone is 8. The van der Waals surface area contributed by atoms with E-state index in [0.717, 1.165) is 38.5 Å². The summed E-state index contributed by atoms with van der Waals surface area (Å²) in [5.41, 5.74) is 0. The SMILES string of the molecule is CC/C=C\C/C=C\C/C=C\C/C=C\CCCC(=O)S. The normalized spacial score (nSPS) is 12.5. The molecule has 0 rings (SSSR count). The fraction of sp³-hybridized carbons (Fsp3) is 0.471. The number of unbranched alkanes of at least 4 members (excludes halogenated alkanes) is 1. The van der Waals surface area contributed by atoms with Gasteiger partial charge in [0.25, 0.3) is 0 Å². The van der Waals surface area contributed by atoms with Crippen LogP contribution in [0.2, 0.25) is 0 Å². The predicted molar refractivity (Wildman–Crippen MR) is 88.5 cm³/mol. The fourth-order valence-corrected chi connectivity index (χ4v) is 1.63. The zero-order valence-electron chi connectivity index (χ0n) is 11.9. The maximum atomic E-state index is 10.6. The summed E-state index contributed by atoms with van der Waals surface area (Å²) < 4.78 is 0. The van der Waals surface area contributed by atoms with Crippen LogP contribution in [-0.2, 0) is 4.79 Å². The van der Waals surface area contributed by atoms with E-state index in [0.29, 0.717) is 6.42 Å². The fourth-order valence-electron chi connectivity index (χ4n) is 1.47. The van der Waals surface area contributed by atoms with Crippen LogP contribution < -0.4 is 0 Å². The van der Waals surface area contributed by atoms with Crippen LogP contribution in [0.4, 0.5) is 0 Å². The molecule has 0 amide bonds. The van der Waals surface area contributed by atoms with Gasteiger partial charge in [-0.2, -0.15) is 0 Å². The van der Waals surface area contributed by atoms with Crippen LogP contribution in [-0.4, -0.2) is 5.12 Å². The molecule has 0 bridgehead atoms. The number of carbonyl (C=O) groups is 1. The zero-order chi connectivity index (χ0) is 14.2. The lowest BCUT2D eigenvalue weighted by Gasteiger charge is -1.90. The van der Waals surface area contributed by atoms with Gasteiger partial charge in [0.2, 0.25) is 0 Å². The van der Waals surface area contributed by atoms with Gasteiger partial charge in [0.15, 0.2) is 5.12 Å². The Morgan fingerprint density at radius 3 is 1.79 bits per heavy atom. The highest BCUT2D eigenvalue weighted by Gasteiger charge is 1.90. The molecule has 0 saturated carbocycles. The highest BCUT2D eigenvalue weighted by molar-refractivity contribution is 7.96. The zero-order valence-corrected chi connectivity index (χ0v) is 12.8. The molecule has 0 aliphatic carbocycles. The van der Waals surface area contributed by atoms with Gasteiger partial charge in [-0.3, -0.25) is 4.79 Å². The minimum atomic E-state index is -0.0196. The predicted octanol–water partition coefficient (Wildman–Crippen LogP) is 5.42. The molecule has 2 heteroatoms. The lowest BCUT2D eigenvalue weighted by molar-refractivity contribution is -0.110. The summed E-state index contributed by atoms with van der Waals surface area (Å²) in [5.74, 6) is 0. The molecule has 106 valence electrons. The highest BCUT2D eigenvalue weighted by Crippen LogP contribution is 2.01. The smallest absolute Gasteiger partial charge is 0.185 e. The molecule has 0 aliphatic heterocycles. The lowest BCUT2D eigenvalue weighted by atomic mass is 10.2. The third-order valence-electron chi connectivity index (χ3n) is 2.48. The van der Waals surface area contributed by atoms with Crippen molar-refractivity contribution in [2.75, 3.05) is 0 Å². The molecule has 0 N–H and O–H groups in total. The average Bonchev–Trinajstić information content (AvgIpc) is 2.39. The van der Waals surface area contributed by atoms with Crippen LogP contribution in [0.5, 0.6) is 0 Å². The maximum absolute atomic E-state index is 10.6. The second-order valence-corrected chi connectivity index (χ2v) is 4.79. The van der Waals surface area contributed by atoms with Crippen molar-refractivity contribution in [2.45, 2.75) is 51.9 Å². The van der Waals surface area contributed by atoms with Crippen LogP contribution in [0.1, 0.15) is 51.9 Å². The summed E-state index contributed by atoms with van der Waals surface area (Å²) in [6.45, 7) is 2.15. The number of carbonyl (C=O) groups excluding carboxylic acids is 1. The molecular formula is C17H26OS. The molecule has 0 saturated heterocycles. The van der Waals surface area contributed by atoms with Gasteiger partial charge < -0.3 is 0 Å². The number of thiol groups is 1. The molecule has 0 radical (unpaired) electrons. The van der Waals surface area contributed by atoms with Crippen molar-refractivity contribution >= 4 is 17.7 Å². The Morgan fingerprint density at radius 2 is 1.32 bits per heavy atom. The summed E-state index contributed by atoms with van der Waals surface area (Å²) in [6.07, 6.45) is 24.0. The number of hydrogen-bond donors (Lipinski definition) is 1. The van der Waals surface area contributed by atoms with E-state index in [9.17, 15) is 4.79 Å². The van der Waals surface area contributed by atoms with Gasteiger partial charge in [-0.15, -0.1) is 12.6 Å². The summed E-state index contributed by atoms with van der Waals surface area (Å²) in [6, 6.07) is 0. The van der Waals surface area contributed by atoms with Gasteiger partial charge in [-0.1, -0.05) is 55.5 Å². The molecule has 0 heterocycles. The van der Waals surface area contributed by atoms with E-state index in [4.69, 9.17) is 0 Å². The monoisotopic (exact) mass is 278 g/mol. The minimum absolute atomic E-state index is 0.0196. The Kier molecular flexibility index (Phi) is 14.2. The Morgan fingerprint density at radius 1 is 0.842 bits per heavy atom. The van der Waals surface area contributed by atoms with E-state index in [-0.39, 0.29) is 5.12 Å². The van der Waals surface area contributed by atoms with Crippen molar-refractivity contribution in [1.29, 1.82) is 0 Å². The van der Waals surface area contributed by atoms with E-state index >= 15 is 0 Å². The molecule has 1 nitrogen and oxygen atoms in total. The minimum Gasteiger partial charge on any atom is -0.288 e. The third kappa shape index (κ3) is 17.0. The first-order valence-corrected chi connectivity index (χ1v) is 7.53. The van der Waals surface area contributed by atoms with Crippen LogP contribution >= 0.6 is 12.6 Å². The van der Waals surface area contributed by atoms with Gasteiger partial charge in [0.1, 0.15) is 0 Å². The van der Waals surface area contributed by atoms with Gasteiger partial charge >= 0.3 is 0 Å². The highest BCUT2D eigenvalue weighted by atomic mass is 32.1. The second-order valence-electron chi connectivity index (χ2n) is 4.29. The molecule has 19 heavy (non-hydrogen) atoms. The lowest BCUT2D eigenvalue weighted by Crippen LogP contribution is -1.83. The first-order chi connectivity index (χ1) is 9.27. The van der Waals surface area contributed by atoms with E-state index in [1.807, 2.05) is 0 Å². The number of hydrogen-bond acceptors (Lipinski definition) is 1. The molecule has 0 aromatic heterocycles. The standard InChI is InChI=1S/C17H26OS/c1-2-3-4-5-6-7-8-9-10-11-12-13-14-15-16-17(18)19/h3-4,6-7,9-10,12-13H,2,5,8,11,14-16H2,1H3,(H,18,19)/b4-3-,7-6-,10-9-,13-12-. The summed E-state index contributed by atoms with van der Waals surface area (Å²) >= 11 is 3.73. The first kappa shape index (κ1) is 18.0. The van der Waals surface area contributed by atoms with E-state index in [2.05, 4.69) is 68.2 Å². The molecular weight excluding hydrogens is 252 g/mol. The summed E-state index contributed by atoms with van der Waals surface area (Å²) in [4.78, 5) is 10.6. The average molecular weight is 278 g/mol. The molecule has 0 fully saturated rings. The van der Waals surface area contributed by atoms with Crippen molar-refractivity contribution in [3.63, 3.8) is 0 Å². The molecule has 0 unspecified atom stereocenters. The van der Waals surface area contributed by atoms with E-state index in [1.165, 1.54) is 0 Å². The van der Waals surface area contributed by atoms with Crippen molar-refractivity contribution in [3.05, 3.63) is 48.6 Å². The van der Waals surface area contributed by atoms with E-state index < -0.39 is 0 Å². The van der Waals surface area contributed by atoms with Crippen molar-refractivity contribution in [2.24, 2.45) is 0 Å². The first-order valence-electron chi connectivity index (χ1n) is 7.09. The van der Waals surface area contributed by atoms with Crippen LogP contribution in [0.15, 0.2) is 48.6 Å². The second kappa shape index (κ2) is 15.0. The quantitative estimate of drug-likeness (QED) is 0.303. The molecule has 0 atom stereocenters. The van der Waals surface area contributed by atoms with Crippen LogP contribution in [0.3, 0.4) is 0 Å². The Bertz CT molecular complexity index is 324. The van der Waals surface area contributed by atoms with Gasteiger partial charge in [-0.05, 0) is 38.5 Å². The molecule has 0 aromatic carbocycles. The van der Waals surface area contributed by atoms with Gasteiger partial charge in [-0.25, -0.2) is 0 Å². The van der Waals surface area contributed by atoms with Crippen molar-refractivity contribution < 1.29 is 4.79 Å². The van der Waals surface area contributed by atoms with Crippen molar-refractivity contribution in [1.82, 2.24) is 0 Å². The van der Waals surface area contributed by atoms with Gasteiger partial charge in [0, 0.05) is 6.42 Å². The van der Waals surface area contributed by atoms with Crippen LogP contribution in [0, 0.1) is 0 Å². The van der Waals surface area contributed by atoms with Crippen molar-refractivity contribution in [3.8, 4) is 0 Å².